The third-order valence-corrected chi connectivity index (χ3v) is 9.21. The minimum atomic E-state index is 0.532. The van der Waals surface area contributed by atoms with Gasteiger partial charge < -0.3 is 0 Å². The Kier molecular flexibility index (Phi) is 8.44. The molecule has 2 aromatic heterocycles. The van der Waals surface area contributed by atoms with Crippen LogP contribution < -0.4 is 0 Å². The van der Waals surface area contributed by atoms with E-state index in [9.17, 15) is 5.26 Å². The summed E-state index contributed by atoms with van der Waals surface area (Å²) in [6.45, 7) is 0. The van der Waals surface area contributed by atoms with Crippen LogP contribution in [0.5, 0.6) is 0 Å². The highest BCUT2D eigenvalue weighted by molar-refractivity contribution is 5.86. The number of hydrogen-bond donors (Lipinski definition) is 0. The average molecular weight is 692 g/mol. The summed E-state index contributed by atoms with van der Waals surface area (Å²) in [4.78, 5) is 29.5. The molecule has 0 aliphatic carbocycles. The number of nitrogens with zero attached hydrogens (tertiary/aromatic N) is 7. The van der Waals surface area contributed by atoms with Crippen LogP contribution in [-0.2, 0) is 0 Å². The highest BCUT2D eigenvalue weighted by Crippen LogP contribution is 2.31. The summed E-state index contributed by atoms with van der Waals surface area (Å²) in [5.41, 5.74) is 7.90. The Morgan fingerprint density at radius 2 is 0.648 bits per heavy atom. The third-order valence-electron chi connectivity index (χ3n) is 9.21. The standard InChI is InChI=1S/C47H29N7/c48-30-31-18-20-36(21-19-31)44-52-46(54-47(53-44)41-27-24-32-10-7-8-15-38(32)29-41)40-17-9-16-39(28-40)33-22-25-37(26-23-33)45-50-42(34-11-3-1-4-12-34)49-43(51-45)35-13-5-2-6-14-35/h1-29H. The van der Waals surface area contributed by atoms with Gasteiger partial charge in [0.25, 0.3) is 0 Å². The van der Waals surface area contributed by atoms with Crippen molar-refractivity contribution >= 4 is 10.8 Å². The predicted octanol–water partition coefficient (Wildman–Crippen LogP) is 10.8. The number of fused-ring (bicyclic) bond motifs is 1. The van der Waals surface area contributed by atoms with Crippen LogP contribution in [0.3, 0.4) is 0 Å². The van der Waals surface area contributed by atoms with Gasteiger partial charge in [-0.2, -0.15) is 5.26 Å². The lowest BCUT2D eigenvalue weighted by Gasteiger charge is -2.11. The number of hydrogen-bond acceptors (Lipinski definition) is 7. The number of aromatic nitrogens is 6. The Balaban J connectivity index is 1.09. The van der Waals surface area contributed by atoms with Gasteiger partial charge in [-0.05, 0) is 58.3 Å². The van der Waals surface area contributed by atoms with Gasteiger partial charge in [0, 0.05) is 33.4 Å². The van der Waals surface area contributed by atoms with Gasteiger partial charge in [0.1, 0.15) is 0 Å². The topological polar surface area (TPSA) is 101 Å². The molecule has 9 rings (SSSR count). The second-order valence-corrected chi connectivity index (χ2v) is 12.8. The maximum absolute atomic E-state index is 9.37. The zero-order valence-electron chi connectivity index (χ0n) is 28.9. The van der Waals surface area contributed by atoms with Gasteiger partial charge in [-0.15, -0.1) is 0 Å². The molecular formula is C47H29N7. The van der Waals surface area contributed by atoms with Gasteiger partial charge in [0.15, 0.2) is 34.9 Å². The molecule has 7 heteroatoms. The van der Waals surface area contributed by atoms with Crippen LogP contribution in [0.4, 0.5) is 0 Å². The van der Waals surface area contributed by atoms with Gasteiger partial charge in [-0.25, -0.2) is 29.9 Å². The van der Waals surface area contributed by atoms with Crippen molar-refractivity contribution in [2.45, 2.75) is 0 Å². The van der Waals surface area contributed by atoms with Crippen LogP contribution in [0.2, 0.25) is 0 Å². The molecule has 54 heavy (non-hydrogen) atoms. The Labute approximate surface area is 312 Å². The molecule has 7 nitrogen and oxygen atoms in total. The van der Waals surface area contributed by atoms with Crippen LogP contribution in [0, 0.1) is 11.3 Å². The number of benzene rings is 7. The second-order valence-electron chi connectivity index (χ2n) is 12.8. The number of nitriles is 1. The summed E-state index contributed by atoms with van der Waals surface area (Å²) < 4.78 is 0. The SMILES string of the molecule is N#Cc1ccc(-c2nc(-c3cccc(-c4ccc(-c5nc(-c6ccccc6)nc(-c6ccccc6)n5)cc4)c3)nc(-c3ccc4ccccc4c3)n2)cc1. The molecule has 0 fully saturated rings. The van der Waals surface area contributed by atoms with Gasteiger partial charge in [-0.1, -0.05) is 140 Å². The molecule has 0 amide bonds. The van der Waals surface area contributed by atoms with Crippen molar-refractivity contribution in [3.05, 3.63) is 181 Å². The Morgan fingerprint density at radius 1 is 0.278 bits per heavy atom. The molecule has 0 radical (unpaired) electrons. The minimum absolute atomic E-state index is 0.532. The molecule has 0 atom stereocenters. The van der Waals surface area contributed by atoms with E-state index in [-0.39, 0.29) is 0 Å². The first-order chi connectivity index (χ1) is 26.7. The highest BCUT2D eigenvalue weighted by Gasteiger charge is 2.15. The third kappa shape index (κ3) is 6.59. The van der Waals surface area contributed by atoms with Crippen molar-refractivity contribution < 1.29 is 0 Å². The van der Waals surface area contributed by atoms with Crippen LogP contribution in [-0.4, -0.2) is 29.9 Å². The molecule has 0 N–H and O–H groups in total. The summed E-state index contributed by atoms with van der Waals surface area (Å²) in [6, 6.07) is 60.4. The fourth-order valence-corrected chi connectivity index (χ4v) is 6.37. The molecule has 0 saturated carbocycles. The summed E-state index contributed by atoms with van der Waals surface area (Å²) in [7, 11) is 0. The van der Waals surface area contributed by atoms with E-state index in [1.54, 1.807) is 12.1 Å². The van der Waals surface area contributed by atoms with Crippen molar-refractivity contribution in [3.8, 4) is 85.5 Å². The molecule has 0 unspecified atom stereocenters. The first-order valence-corrected chi connectivity index (χ1v) is 17.5. The van der Waals surface area contributed by atoms with E-state index in [0.717, 1.165) is 55.3 Å². The molecule has 0 saturated heterocycles. The average Bonchev–Trinajstić information content (AvgIpc) is 3.26. The predicted molar refractivity (Wildman–Crippen MR) is 213 cm³/mol. The van der Waals surface area contributed by atoms with Crippen LogP contribution in [0.15, 0.2) is 176 Å². The van der Waals surface area contributed by atoms with E-state index in [0.29, 0.717) is 40.5 Å². The smallest absolute Gasteiger partial charge is 0.164 e. The zero-order chi connectivity index (χ0) is 36.3. The van der Waals surface area contributed by atoms with Crippen LogP contribution in [0.1, 0.15) is 5.56 Å². The highest BCUT2D eigenvalue weighted by atomic mass is 15.0. The fraction of sp³-hybridized carbons (Fsp3) is 0. The quantitative estimate of drug-likeness (QED) is 0.164. The van der Waals surface area contributed by atoms with E-state index >= 15 is 0 Å². The van der Waals surface area contributed by atoms with E-state index in [1.165, 1.54) is 0 Å². The molecule has 0 bridgehead atoms. The van der Waals surface area contributed by atoms with Gasteiger partial charge in [0.2, 0.25) is 0 Å². The summed E-state index contributed by atoms with van der Waals surface area (Å²) in [5, 5.41) is 11.6. The lowest BCUT2D eigenvalue weighted by atomic mass is 10.0. The van der Waals surface area contributed by atoms with Crippen molar-refractivity contribution in [1.29, 1.82) is 5.26 Å². The maximum atomic E-state index is 9.37. The fourth-order valence-electron chi connectivity index (χ4n) is 6.37. The summed E-state index contributed by atoms with van der Waals surface area (Å²) in [6.07, 6.45) is 0. The van der Waals surface area contributed by atoms with Crippen molar-refractivity contribution in [2.75, 3.05) is 0 Å². The molecule has 0 spiro atoms. The summed E-state index contributed by atoms with van der Waals surface area (Å²) in [5.74, 6) is 3.50. The molecule has 252 valence electrons. The Bertz CT molecular complexity index is 2750. The van der Waals surface area contributed by atoms with Crippen molar-refractivity contribution in [2.24, 2.45) is 0 Å². The molecule has 2 heterocycles. The van der Waals surface area contributed by atoms with Gasteiger partial charge in [0.05, 0.1) is 11.6 Å². The summed E-state index contributed by atoms with van der Waals surface area (Å²) >= 11 is 0. The molecule has 9 aromatic rings. The van der Waals surface area contributed by atoms with Crippen LogP contribution in [0.25, 0.3) is 90.2 Å². The lowest BCUT2D eigenvalue weighted by Crippen LogP contribution is -2.00. The monoisotopic (exact) mass is 691 g/mol. The second kappa shape index (κ2) is 14.1. The van der Waals surface area contributed by atoms with Gasteiger partial charge in [-0.3, -0.25) is 0 Å². The van der Waals surface area contributed by atoms with E-state index in [2.05, 4.69) is 54.6 Å². The largest absolute Gasteiger partial charge is 0.208 e. The van der Waals surface area contributed by atoms with Crippen molar-refractivity contribution in [3.63, 3.8) is 0 Å². The minimum Gasteiger partial charge on any atom is -0.208 e. The molecule has 0 aliphatic heterocycles. The Morgan fingerprint density at radius 3 is 1.19 bits per heavy atom. The zero-order valence-corrected chi connectivity index (χ0v) is 28.9. The van der Waals surface area contributed by atoms with E-state index in [4.69, 9.17) is 29.9 Å². The first kappa shape index (κ1) is 32.2. The molecular weight excluding hydrogens is 663 g/mol. The van der Waals surface area contributed by atoms with E-state index in [1.807, 2.05) is 115 Å². The maximum Gasteiger partial charge on any atom is 0.164 e. The Hall–Kier alpha value is -7.69. The van der Waals surface area contributed by atoms with Crippen molar-refractivity contribution in [1.82, 2.24) is 29.9 Å². The van der Waals surface area contributed by atoms with Crippen LogP contribution >= 0.6 is 0 Å². The molecule has 7 aromatic carbocycles. The number of rotatable bonds is 7. The normalized spacial score (nSPS) is 10.9. The van der Waals surface area contributed by atoms with E-state index < -0.39 is 0 Å². The van der Waals surface area contributed by atoms with Gasteiger partial charge >= 0.3 is 0 Å². The lowest BCUT2D eigenvalue weighted by molar-refractivity contribution is 1.07. The molecule has 0 aliphatic rings. The first-order valence-electron chi connectivity index (χ1n) is 17.5.